The molecule has 1 fully saturated rings. The zero-order valence-electron chi connectivity index (χ0n) is 17.9. The van der Waals surface area contributed by atoms with Crippen molar-refractivity contribution in [2.45, 2.75) is 62.8 Å². The highest BCUT2D eigenvalue weighted by molar-refractivity contribution is 7.89. The first kappa shape index (κ1) is 21.1. The van der Waals surface area contributed by atoms with Crippen LogP contribution in [0.15, 0.2) is 53.4 Å². The third-order valence-electron chi connectivity index (χ3n) is 6.18. The van der Waals surface area contributed by atoms with E-state index < -0.39 is 10.0 Å². The Morgan fingerprint density at radius 2 is 1.87 bits per heavy atom. The number of benzene rings is 2. The summed E-state index contributed by atoms with van der Waals surface area (Å²) in [6.07, 6.45) is 3.33. The average molecular weight is 427 g/mol. The Balaban J connectivity index is 1.47. The molecule has 0 aromatic heterocycles. The zero-order valence-corrected chi connectivity index (χ0v) is 18.7. The molecule has 1 amide bonds. The third-order valence-corrected chi connectivity index (χ3v) is 7.76. The average Bonchev–Trinajstić information content (AvgIpc) is 3.46. The van der Waals surface area contributed by atoms with Crippen LogP contribution in [0.4, 0.5) is 5.69 Å². The molecular formula is C24H30N2O3S. The van der Waals surface area contributed by atoms with E-state index in [0.29, 0.717) is 19.4 Å². The highest BCUT2D eigenvalue weighted by Crippen LogP contribution is 2.37. The monoisotopic (exact) mass is 426 g/mol. The maximum absolute atomic E-state index is 13.0. The molecule has 1 atom stereocenters. The van der Waals surface area contributed by atoms with E-state index in [1.54, 1.807) is 18.2 Å². The van der Waals surface area contributed by atoms with Gasteiger partial charge in [0.1, 0.15) is 0 Å². The zero-order chi connectivity index (χ0) is 21.5. The van der Waals surface area contributed by atoms with Gasteiger partial charge in [-0.05, 0) is 67.3 Å². The topological polar surface area (TPSA) is 66.5 Å². The predicted molar refractivity (Wildman–Crippen MR) is 119 cm³/mol. The minimum absolute atomic E-state index is 0.148. The summed E-state index contributed by atoms with van der Waals surface area (Å²) in [6.45, 7) is 6.82. The number of rotatable bonds is 7. The van der Waals surface area contributed by atoms with E-state index in [-0.39, 0.29) is 28.2 Å². The van der Waals surface area contributed by atoms with Gasteiger partial charge >= 0.3 is 0 Å². The van der Waals surface area contributed by atoms with Crippen molar-refractivity contribution in [3.8, 4) is 0 Å². The highest BCUT2D eigenvalue weighted by atomic mass is 32.2. The van der Waals surface area contributed by atoms with Gasteiger partial charge in [0.25, 0.3) is 0 Å². The van der Waals surface area contributed by atoms with E-state index in [1.807, 2.05) is 30.0 Å². The molecule has 1 saturated carbocycles. The molecule has 1 unspecified atom stereocenters. The van der Waals surface area contributed by atoms with Crippen LogP contribution >= 0.6 is 0 Å². The summed E-state index contributed by atoms with van der Waals surface area (Å²) >= 11 is 0. The van der Waals surface area contributed by atoms with Crippen molar-refractivity contribution < 1.29 is 13.2 Å². The Bertz CT molecular complexity index is 1040. The van der Waals surface area contributed by atoms with Crippen LogP contribution < -0.4 is 9.62 Å². The molecule has 1 N–H and O–H groups in total. The van der Waals surface area contributed by atoms with Crippen LogP contribution in [0, 0.1) is 5.92 Å². The van der Waals surface area contributed by atoms with Crippen molar-refractivity contribution in [1.82, 2.24) is 4.72 Å². The fourth-order valence-corrected chi connectivity index (χ4v) is 5.77. The summed E-state index contributed by atoms with van der Waals surface area (Å²) in [5.41, 5.74) is 2.84. The van der Waals surface area contributed by atoms with Gasteiger partial charge in [-0.2, -0.15) is 0 Å². The molecule has 0 bridgehead atoms. The summed E-state index contributed by atoms with van der Waals surface area (Å²) in [4.78, 5) is 14.5. The normalized spacial score (nSPS) is 17.6. The van der Waals surface area contributed by atoms with Gasteiger partial charge in [-0.1, -0.05) is 44.2 Å². The maximum Gasteiger partial charge on any atom is 0.240 e. The van der Waals surface area contributed by atoms with E-state index in [1.165, 1.54) is 5.56 Å². The minimum Gasteiger partial charge on any atom is -0.312 e. The second kappa shape index (κ2) is 7.82. The fraction of sp³-hybridized carbons (Fsp3) is 0.458. The number of amides is 1. The maximum atomic E-state index is 13.0. The van der Waals surface area contributed by atoms with E-state index in [0.717, 1.165) is 24.1 Å². The quantitative estimate of drug-likeness (QED) is 0.727. The van der Waals surface area contributed by atoms with Gasteiger partial charge in [0, 0.05) is 24.2 Å². The highest BCUT2D eigenvalue weighted by Gasteiger charge is 2.37. The molecule has 2 aromatic rings. The molecule has 2 aromatic carbocycles. The molecule has 1 heterocycles. The van der Waals surface area contributed by atoms with Crippen LogP contribution in [0.1, 0.15) is 51.2 Å². The predicted octanol–water partition coefficient (Wildman–Crippen LogP) is 4.02. The van der Waals surface area contributed by atoms with Gasteiger partial charge in [0.2, 0.25) is 15.9 Å². The number of hydrogen-bond acceptors (Lipinski definition) is 3. The molecule has 6 heteroatoms. The number of carbonyl (C=O) groups is 1. The van der Waals surface area contributed by atoms with Crippen LogP contribution in [0.3, 0.4) is 0 Å². The van der Waals surface area contributed by atoms with Gasteiger partial charge in [-0.3, -0.25) is 4.79 Å². The number of sulfonamides is 1. The van der Waals surface area contributed by atoms with Crippen molar-refractivity contribution in [3.05, 3.63) is 59.7 Å². The van der Waals surface area contributed by atoms with Gasteiger partial charge in [0.15, 0.2) is 0 Å². The van der Waals surface area contributed by atoms with Crippen molar-refractivity contribution in [3.63, 3.8) is 0 Å². The molecule has 5 nitrogen and oxygen atoms in total. The van der Waals surface area contributed by atoms with Gasteiger partial charge in [-0.25, -0.2) is 13.1 Å². The molecule has 1 aliphatic carbocycles. The van der Waals surface area contributed by atoms with E-state index in [4.69, 9.17) is 0 Å². The van der Waals surface area contributed by atoms with Crippen molar-refractivity contribution in [2.24, 2.45) is 5.92 Å². The Hall–Kier alpha value is -2.18. The Morgan fingerprint density at radius 1 is 1.17 bits per heavy atom. The first-order chi connectivity index (χ1) is 14.2. The number of fused-ring (bicyclic) bond motifs is 1. The molecule has 30 heavy (non-hydrogen) atoms. The van der Waals surface area contributed by atoms with Gasteiger partial charge < -0.3 is 4.90 Å². The summed E-state index contributed by atoms with van der Waals surface area (Å²) in [5.74, 6) is 0.342. The van der Waals surface area contributed by atoms with Crippen LogP contribution in [0.25, 0.3) is 0 Å². The summed E-state index contributed by atoms with van der Waals surface area (Å²) < 4.78 is 28.9. The Morgan fingerprint density at radius 3 is 2.53 bits per heavy atom. The van der Waals surface area contributed by atoms with Gasteiger partial charge in [-0.15, -0.1) is 0 Å². The number of nitrogens with one attached hydrogen (secondary N) is 1. The SMILES string of the molecule is CC(CC(C)(C)c1ccccc1)NS(=O)(=O)c1ccc2c(c1)CCN2C(=O)C1CC1. The molecule has 160 valence electrons. The standard InChI is InChI=1S/C24H30N2O3S/c1-17(16-24(2,3)20-7-5-4-6-8-20)25-30(28,29)21-11-12-22-19(15-21)13-14-26(22)23(27)18-9-10-18/h4-8,11-12,15,17-18,25H,9-10,13-14,16H2,1-3H3. The lowest BCUT2D eigenvalue weighted by Gasteiger charge is -2.29. The van der Waals surface area contributed by atoms with E-state index in [2.05, 4.69) is 30.7 Å². The third kappa shape index (κ3) is 4.30. The summed E-state index contributed by atoms with van der Waals surface area (Å²) in [6, 6.07) is 15.1. The smallest absolute Gasteiger partial charge is 0.240 e. The lowest BCUT2D eigenvalue weighted by atomic mass is 9.79. The number of hydrogen-bond donors (Lipinski definition) is 1. The van der Waals surface area contributed by atoms with E-state index >= 15 is 0 Å². The second-order valence-electron chi connectivity index (χ2n) is 9.28. The Labute approximate surface area is 179 Å². The molecular weight excluding hydrogens is 396 g/mol. The lowest BCUT2D eigenvalue weighted by molar-refractivity contribution is -0.119. The fourth-order valence-electron chi connectivity index (χ4n) is 4.47. The first-order valence-corrected chi connectivity index (χ1v) is 12.2. The van der Waals surface area contributed by atoms with Crippen LogP contribution in [0.2, 0.25) is 0 Å². The summed E-state index contributed by atoms with van der Waals surface area (Å²) in [7, 11) is -3.63. The molecule has 0 saturated heterocycles. The first-order valence-electron chi connectivity index (χ1n) is 10.7. The minimum atomic E-state index is -3.63. The van der Waals surface area contributed by atoms with Crippen molar-refractivity contribution >= 4 is 21.6 Å². The van der Waals surface area contributed by atoms with Crippen molar-refractivity contribution in [1.29, 1.82) is 0 Å². The second-order valence-corrected chi connectivity index (χ2v) is 11.0. The van der Waals surface area contributed by atoms with Gasteiger partial charge in [0.05, 0.1) is 4.90 Å². The molecule has 1 aliphatic heterocycles. The van der Waals surface area contributed by atoms with Crippen LogP contribution in [-0.4, -0.2) is 26.9 Å². The largest absolute Gasteiger partial charge is 0.312 e. The van der Waals surface area contributed by atoms with Crippen LogP contribution in [-0.2, 0) is 26.7 Å². The molecule has 2 aliphatic rings. The van der Waals surface area contributed by atoms with Crippen molar-refractivity contribution in [2.75, 3.05) is 11.4 Å². The Kier molecular flexibility index (Phi) is 5.49. The molecule has 0 radical (unpaired) electrons. The number of anilines is 1. The number of carbonyl (C=O) groups excluding carboxylic acids is 1. The number of nitrogens with zero attached hydrogens (tertiary/aromatic N) is 1. The van der Waals surface area contributed by atoms with E-state index in [9.17, 15) is 13.2 Å². The summed E-state index contributed by atoms with van der Waals surface area (Å²) in [5, 5.41) is 0. The molecule has 4 rings (SSSR count). The lowest BCUT2D eigenvalue weighted by Crippen LogP contribution is -2.37. The van der Waals surface area contributed by atoms with Crippen LogP contribution in [0.5, 0.6) is 0 Å². The molecule has 0 spiro atoms.